The Kier molecular flexibility index (Phi) is 7.16. The topological polar surface area (TPSA) is 49.6 Å². The Morgan fingerprint density at radius 2 is 1.97 bits per heavy atom. The molecule has 0 aliphatic heterocycles. The highest BCUT2D eigenvalue weighted by Gasteiger charge is 2.24. The molecule has 184 valence electrons. The molecule has 1 N–H and O–H groups in total. The number of halogens is 1. The number of hydrogen-bond acceptors (Lipinski definition) is 4. The van der Waals surface area contributed by atoms with E-state index >= 15 is 0 Å². The van der Waals surface area contributed by atoms with Gasteiger partial charge in [0.25, 0.3) is 5.91 Å². The molecule has 1 aliphatic carbocycles. The number of benzene rings is 2. The number of fused-ring (bicyclic) bond motifs is 3. The Bertz CT molecular complexity index is 1310. The number of carbonyl (C=O) groups is 1. The molecule has 2 aromatic heterocycles. The molecule has 1 saturated carbocycles. The highest BCUT2D eigenvalue weighted by Crippen LogP contribution is 2.30. The van der Waals surface area contributed by atoms with E-state index in [0.717, 1.165) is 39.4 Å². The van der Waals surface area contributed by atoms with Crippen LogP contribution in [0.25, 0.3) is 26.4 Å². The molecule has 5 rings (SSSR count). The van der Waals surface area contributed by atoms with Crippen molar-refractivity contribution < 1.29 is 9.18 Å². The lowest BCUT2D eigenvalue weighted by atomic mass is 9.93. The molecule has 1 fully saturated rings. The van der Waals surface area contributed by atoms with Crippen LogP contribution >= 0.6 is 11.3 Å². The van der Waals surface area contributed by atoms with Gasteiger partial charge in [-0.1, -0.05) is 37.5 Å². The molecule has 0 radical (unpaired) electrons. The van der Waals surface area contributed by atoms with Crippen LogP contribution in [-0.2, 0) is 0 Å². The van der Waals surface area contributed by atoms with Crippen molar-refractivity contribution in [1.82, 2.24) is 19.6 Å². The lowest BCUT2D eigenvalue weighted by Gasteiger charge is -2.38. The predicted molar refractivity (Wildman–Crippen MR) is 142 cm³/mol. The third-order valence-corrected chi connectivity index (χ3v) is 8.37. The van der Waals surface area contributed by atoms with Crippen LogP contribution in [0.1, 0.15) is 62.7 Å². The normalized spacial score (nSPS) is 15.8. The predicted octanol–water partition coefficient (Wildman–Crippen LogP) is 6.52. The van der Waals surface area contributed by atoms with Crippen molar-refractivity contribution >= 4 is 32.4 Å². The molecule has 1 atom stereocenters. The first-order chi connectivity index (χ1) is 17.0. The summed E-state index contributed by atoms with van der Waals surface area (Å²) in [5, 5.41) is 3.15. The first-order valence-corrected chi connectivity index (χ1v) is 13.6. The van der Waals surface area contributed by atoms with Crippen molar-refractivity contribution in [2.75, 3.05) is 13.1 Å². The summed E-state index contributed by atoms with van der Waals surface area (Å²) in [6.45, 7) is 6.10. The number of nitrogens with one attached hydrogen (secondary N) is 1. The minimum atomic E-state index is -0.257. The van der Waals surface area contributed by atoms with Crippen molar-refractivity contribution in [3.63, 3.8) is 0 Å². The van der Waals surface area contributed by atoms with Gasteiger partial charge in [0.1, 0.15) is 5.82 Å². The number of aromatic nitrogens is 2. The molecule has 5 nitrogen and oxygen atoms in total. The van der Waals surface area contributed by atoms with Crippen molar-refractivity contribution in [3.8, 4) is 11.3 Å². The van der Waals surface area contributed by atoms with Crippen LogP contribution in [0.3, 0.4) is 0 Å². The lowest BCUT2D eigenvalue weighted by molar-refractivity contribution is 0.0903. The van der Waals surface area contributed by atoms with Crippen molar-refractivity contribution in [2.24, 2.45) is 0 Å². The number of rotatable bonds is 8. The number of carbonyl (C=O) groups excluding carboxylic acids is 1. The fourth-order valence-corrected chi connectivity index (χ4v) is 6.26. The fourth-order valence-electron chi connectivity index (χ4n) is 5.21. The fraction of sp³-hybridized carbons (Fsp3) is 0.429. The number of thiazole rings is 1. The molecule has 0 unspecified atom stereocenters. The molecule has 0 spiro atoms. The highest BCUT2D eigenvalue weighted by atomic mass is 32.1. The monoisotopic (exact) mass is 492 g/mol. The first-order valence-electron chi connectivity index (χ1n) is 12.7. The molecule has 4 aromatic rings. The molecule has 7 heteroatoms. The largest absolute Gasteiger partial charge is 0.351 e. The van der Waals surface area contributed by atoms with Gasteiger partial charge in [-0.25, -0.2) is 9.37 Å². The molecular formula is C28H33FN4OS. The second kappa shape index (κ2) is 10.5. The molecule has 1 aliphatic rings. The van der Waals surface area contributed by atoms with E-state index in [1.807, 2.05) is 28.8 Å². The van der Waals surface area contributed by atoms with E-state index in [0.29, 0.717) is 24.2 Å². The molecule has 0 bridgehead atoms. The minimum Gasteiger partial charge on any atom is -0.351 e. The standard InChI is InChI=1S/C28H33FN4OS/c1-3-19(2)32(23-7-5-4-6-8-23)16-15-30-27(34)21-11-14-25-26(17-21)35-28-31-24(18-33(25)28)20-9-12-22(29)13-10-20/h9-14,17-19,23H,3-8,15-16H2,1-2H3,(H,30,34)/t19-/m1/s1. The zero-order valence-electron chi connectivity index (χ0n) is 20.5. The van der Waals surface area contributed by atoms with Gasteiger partial charge in [-0.3, -0.25) is 14.1 Å². The van der Waals surface area contributed by atoms with Crippen LogP contribution in [0, 0.1) is 5.82 Å². The summed E-state index contributed by atoms with van der Waals surface area (Å²) in [7, 11) is 0. The van der Waals surface area contributed by atoms with Crippen LogP contribution < -0.4 is 5.32 Å². The van der Waals surface area contributed by atoms with Gasteiger partial charge >= 0.3 is 0 Å². The Hall–Kier alpha value is -2.77. The molecule has 35 heavy (non-hydrogen) atoms. The Labute approximate surface area is 210 Å². The smallest absolute Gasteiger partial charge is 0.251 e. The summed E-state index contributed by atoms with van der Waals surface area (Å²) < 4.78 is 16.3. The maximum absolute atomic E-state index is 13.3. The summed E-state index contributed by atoms with van der Waals surface area (Å²) in [6, 6.07) is 13.4. The van der Waals surface area contributed by atoms with E-state index in [9.17, 15) is 9.18 Å². The van der Waals surface area contributed by atoms with Gasteiger partial charge in [-0.15, -0.1) is 0 Å². The van der Waals surface area contributed by atoms with Gasteiger partial charge in [-0.05, 0) is 68.7 Å². The Morgan fingerprint density at radius 1 is 1.20 bits per heavy atom. The summed E-state index contributed by atoms with van der Waals surface area (Å²) in [6.07, 6.45) is 9.64. The van der Waals surface area contributed by atoms with Crippen LogP contribution in [0.5, 0.6) is 0 Å². The average molecular weight is 493 g/mol. The molecular weight excluding hydrogens is 459 g/mol. The summed E-state index contributed by atoms with van der Waals surface area (Å²) in [5.41, 5.74) is 3.38. The van der Waals surface area contributed by atoms with Crippen LogP contribution in [0.2, 0.25) is 0 Å². The zero-order chi connectivity index (χ0) is 24.4. The minimum absolute atomic E-state index is 0.0299. The van der Waals surface area contributed by atoms with Gasteiger partial charge in [0.05, 0.1) is 15.9 Å². The van der Waals surface area contributed by atoms with E-state index in [1.165, 1.54) is 44.2 Å². The van der Waals surface area contributed by atoms with Crippen molar-refractivity contribution in [1.29, 1.82) is 0 Å². The summed E-state index contributed by atoms with van der Waals surface area (Å²) in [5.74, 6) is -0.287. The number of amides is 1. The van der Waals surface area contributed by atoms with E-state index in [1.54, 1.807) is 23.5 Å². The first kappa shape index (κ1) is 23.9. The third-order valence-electron chi connectivity index (χ3n) is 7.35. The van der Waals surface area contributed by atoms with E-state index in [2.05, 4.69) is 24.1 Å². The number of nitrogens with zero attached hydrogens (tertiary/aromatic N) is 3. The SMILES string of the molecule is CC[C@@H](C)N(CCNC(=O)c1ccc2c(c1)sc1nc(-c3ccc(F)cc3)cn12)C1CCCCC1. The lowest BCUT2D eigenvalue weighted by Crippen LogP contribution is -2.46. The maximum Gasteiger partial charge on any atom is 0.251 e. The molecule has 0 saturated heterocycles. The van der Waals surface area contributed by atoms with E-state index in [-0.39, 0.29) is 11.7 Å². The van der Waals surface area contributed by atoms with E-state index < -0.39 is 0 Å². The van der Waals surface area contributed by atoms with Gasteiger partial charge in [0.2, 0.25) is 0 Å². The third kappa shape index (κ3) is 5.11. The number of hydrogen-bond donors (Lipinski definition) is 1. The molecule has 1 amide bonds. The highest BCUT2D eigenvalue weighted by molar-refractivity contribution is 7.23. The van der Waals surface area contributed by atoms with Crippen LogP contribution in [0.4, 0.5) is 4.39 Å². The van der Waals surface area contributed by atoms with Gasteiger partial charge in [0, 0.05) is 42.5 Å². The van der Waals surface area contributed by atoms with Gasteiger partial charge in [0.15, 0.2) is 4.96 Å². The molecule has 2 heterocycles. The Morgan fingerprint density at radius 3 is 2.71 bits per heavy atom. The maximum atomic E-state index is 13.3. The Balaban J connectivity index is 1.26. The zero-order valence-corrected chi connectivity index (χ0v) is 21.3. The van der Waals surface area contributed by atoms with E-state index in [4.69, 9.17) is 4.98 Å². The number of imidazole rings is 1. The van der Waals surface area contributed by atoms with Crippen molar-refractivity contribution in [3.05, 3.63) is 60.0 Å². The average Bonchev–Trinajstić information content (AvgIpc) is 3.45. The van der Waals surface area contributed by atoms with Gasteiger partial charge in [-0.2, -0.15) is 0 Å². The second-order valence-corrected chi connectivity index (χ2v) is 10.6. The van der Waals surface area contributed by atoms with Crippen molar-refractivity contribution in [2.45, 2.75) is 64.5 Å². The second-order valence-electron chi connectivity index (χ2n) is 9.61. The summed E-state index contributed by atoms with van der Waals surface area (Å²) in [4.78, 5) is 21.1. The van der Waals surface area contributed by atoms with Gasteiger partial charge < -0.3 is 5.32 Å². The van der Waals surface area contributed by atoms with Crippen LogP contribution in [0.15, 0.2) is 48.7 Å². The summed E-state index contributed by atoms with van der Waals surface area (Å²) >= 11 is 1.56. The van der Waals surface area contributed by atoms with Crippen LogP contribution in [-0.4, -0.2) is 45.4 Å². The quantitative estimate of drug-likeness (QED) is 0.305. The molecule has 2 aromatic carbocycles.